The van der Waals surface area contributed by atoms with Crippen LogP contribution in [0.4, 0.5) is 11.4 Å². The number of anilines is 2. The third kappa shape index (κ3) is 2.71. The molecule has 1 unspecified atom stereocenters. The van der Waals surface area contributed by atoms with Gasteiger partial charge in [-0.15, -0.1) is 0 Å². The number of aryl methyl sites for hydroxylation is 1. The van der Waals surface area contributed by atoms with Gasteiger partial charge >= 0.3 is 0 Å². The van der Waals surface area contributed by atoms with E-state index >= 15 is 0 Å². The number of hydrogen-bond donors (Lipinski definition) is 1. The Morgan fingerprint density at radius 1 is 1.11 bits per heavy atom. The first kappa shape index (κ1) is 12.8. The zero-order valence-corrected chi connectivity index (χ0v) is 11.9. The lowest BCUT2D eigenvalue weighted by Crippen LogP contribution is -2.40. The topological polar surface area (TPSA) is 32.5 Å². The van der Waals surface area contributed by atoms with E-state index in [9.17, 15) is 0 Å². The molecule has 2 heterocycles. The third-order valence-electron chi connectivity index (χ3n) is 4.64. The molecule has 3 nitrogen and oxygen atoms in total. The maximum Gasteiger partial charge on any atom is 0.0417 e. The number of nitrogen functional groups attached to an aromatic ring is 1. The molecular weight excluding hydrogens is 234 g/mol. The molecule has 0 aliphatic carbocycles. The van der Waals surface area contributed by atoms with Crippen LogP contribution in [0.15, 0.2) is 18.2 Å². The molecule has 1 aromatic carbocycles. The summed E-state index contributed by atoms with van der Waals surface area (Å²) in [4.78, 5) is 5.22. The van der Waals surface area contributed by atoms with Crippen molar-refractivity contribution in [3.8, 4) is 0 Å². The van der Waals surface area contributed by atoms with Gasteiger partial charge in [0.05, 0.1) is 0 Å². The van der Waals surface area contributed by atoms with Crippen LogP contribution in [0.1, 0.15) is 31.2 Å². The SMILES string of the molecule is Cc1ccc(N)cc1N1CCC(N2CCCCC2)C1. The zero-order valence-electron chi connectivity index (χ0n) is 11.9. The Morgan fingerprint density at radius 2 is 1.89 bits per heavy atom. The second kappa shape index (κ2) is 5.41. The first-order valence-corrected chi connectivity index (χ1v) is 7.59. The number of nitrogens with zero attached hydrogens (tertiary/aromatic N) is 2. The lowest BCUT2D eigenvalue weighted by atomic mass is 10.1. The van der Waals surface area contributed by atoms with E-state index in [0.717, 1.165) is 11.7 Å². The Kier molecular flexibility index (Phi) is 3.65. The van der Waals surface area contributed by atoms with Gasteiger partial charge in [-0.05, 0) is 57.0 Å². The second-order valence-electron chi connectivity index (χ2n) is 6.03. The van der Waals surface area contributed by atoms with Crippen LogP contribution in [0, 0.1) is 6.92 Å². The standard InChI is InChI=1S/C16H25N3/c1-13-5-6-14(17)11-16(13)19-10-7-15(12-19)18-8-3-2-4-9-18/h5-6,11,15H,2-4,7-10,12,17H2,1H3. The average Bonchev–Trinajstić information content (AvgIpc) is 2.92. The van der Waals surface area contributed by atoms with Crippen molar-refractivity contribution in [2.24, 2.45) is 0 Å². The monoisotopic (exact) mass is 259 g/mol. The average molecular weight is 259 g/mol. The van der Waals surface area contributed by atoms with Gasteiger partial charge in [0, 0.05) is 30.5 Å². The highest BCUT2D eigenvalue weighted by atomic mass is 15.3. The molecule has 2 fully saturated rings. The van der Waals surface area contributed by atoms with Crippen LogP contribution in [-0.2, 0) is 0 Å². The lowest BCUT2D eigenvalue weighted by Gasteiger charge is -2.32. The quantitative estimate of drug-likeness (QED) is 0.829. The van der Waals surface area contributed by atoms with Gasteiger partial charge in [-0.2, -0.15) is 0 Å². The van der Waals surface area contributed by atoms with E-state index in [-0.39, 0.29) is 0 Å². The fourth-order valence-electron chi connectivity index (χ4n) is 3.51. The molecule has 1 aromatic rings. The smallest absolute Gasteiger partial charge is 0.0417 e. The number of hydrogen-bond acceptors (Lipinski definition) is 3. The molecule has 0 amide bonds. The first-order chi connectivity index (χ1) is 9.24. The molecular formula is C16H25N3. The molecule has 19 heavy (non-hydrogen) atoms. The molecule has 0 bridgehead atoms. The van der Waals surface area contributed by atoms with Gasteiger partial charge in [0.1, 0.15) is 0 Å². The van der Waals surface area contributed by atoms with Crippen LogP contribution in [0.2, 0.25) is 0 Å². The van der Waals surface area contributed by atoms with E-state index in [1.165, 1.54) is 63.1 Å². The van der Waals surface area contributed by atoms with Gasteiger partial charge in [-0.3, -0.25) is 4.90 Å². The summed E-state index contributed by atoms with van der Waals surface area (Å²) in [6, 6.07) is 7.02. The third-order valence-corrected chi connectivity index (χ3v) is 4.64. The van der Waals surface area contributed by atoms with Crippen molar-refractivity contribution in [3.63, 3.8) is 0 Å². The van der Waals surface area contributed by atoms with Crippen LogP contribution in [0.3, 0.4) is 0 Å². The van der Waals surface area contributed by atoms with Crippen molar-refractivity contribution in [1.29, 1.82) is 0 Å². The van der Waals surface area contributed by atoms with Crippen LogP contribution < -0.4 is 10.6 Å². The van der Waals surface area contributed by atoms with E-state index < -0.39 is 0 Å². The van der Waals surface area contributed by atoms with Crippen molar-refractivity contribution in [3.05, 3.63) is 23.8 Å². The van der Waals surface area contributed by atoms with Gasteiger partial charge < -0.3 is 10.6 Å². The summed E-state index contributed by atoms with van der Waals surface area (Å²) in [5.41, 5.74) is 9.49. The van der Waals surface area contributed by atoms with Crippen molar-refractivity contribution < 1.29 is 0 Å². The van der Waals surface area contributed by atoms with Crippen molar-refractivity contribution in [2.75, 3.05) is 36.8 Å². The number of piperidine rings is 1. The molecule has 0 aromatic heterocycles. The van der Waals surface area contributed by atoms with E-state index in [1.807, 2.05) is 6.07 Å². The molecule has 1 atom stereocenters. The summed E-state index contributed by atoms with van der Waals surface area (Å²) in [5, 5.41) is 0. The zero-order chi connectivity index (χ0) is 13.2. The molecule has 104 valence electrons. The Hall–Kier alpha value is -1.22. The normalized spacial score (nSPS) is 24.9. The molecule has 2 aliphatic rings. The Balaban J connectivity index is 1.69. The molecule has 2 N–H and O–H groups in total. The van der Waals surface area contributed by atoms with Crippen molar-refractivity contribution in [2.45, 2.75) is 38.6 Å². The van der Waals surface area contributed by atoms with Gasteiger partial charge in [-0.25, -0.2) is 0 Å². The highest BCUT2D eigenvalue weighted by Gasteiger charge is 2.29. The number of nitrogens with two attached hydrogens (primary N) is 1. The van der Waals surface area contributed by atoms with Gasteiger partial charge in [0.2, 0.25) is 0 Å². The van der Waals surface area contributed by atoms with E-state index in [2.05, 4.69) is 28.9 Å². The summed E-state index contributed by atoms with van der Waals surface area (Å²) in [6.07, 6.45) is 5.48. The molecule has 0 saturated carbocycles. The van der Waals surface area contributed by atoms with Gasteiger partial charge in [-0.1, -0.05) is 12.5 Å². The van der Waals surface area contributed by atoms with Crippen LogP contribution in [0.25, 0.3) is 0 Å². The Labute approximate surface area is 116 Å². The molecule has 0 radical (unpaired) electrons. The predicted octanol–water partition coefficient (Wildman–Crippen LogP) is 2.64. The molecule has 2 saturated heterocycles. The minimum absolute atomic E-state index is 0.751. The highest BCUT2D eigenvalue weighted by Crippen LogP contribution is 2.28. The van der Waals surface area contributed by atoms with Gasteiger partial charge in [0.25, 0.3) is 0 Å². The summed E-state index contributed by atoms with van der Waals surface area (Å²) in [5.74, 6) is 0. The highest BCUT2D eigenvalue weighted by molar-refractivity contribution is 5.61. The summed E-state index contributed by atoms with van der Waals surface area (Å²) in [6.45, 7) is 7.13. The maximum absolute atomic E-state index is 5.94. The number of benzene rings is 1. The predicted molar refractivity (Wildman–Crippen MR) is 81.6 cm³/mol. The minimum atomic E-state index is 0.751. The Morgan fingerprint density at radius 3 is 2.68 bits per heavy atom. The lowest BCUT2D eigenvalue weighted by molar-refractivity contribution is 0.175. The fraction of sp³-hybridized carbons (Fsp3) is 0.625. The van der Waals surface area contributed by atoms with E-state index in [1.54, 1.807) is 0 Å². The molecule has 0 spiro atoms. The molecule has 2 aliphatic heterocycles. The van der Waals surface area contributed by atoms with Gasteiger partial charge in [0.15, 0.2) is 0 Å². The number of rotatable bonds is 2. The second-order valence-corrected chi connectivity index (χ2v) is 6.03. The summed E-state index contributed by atoms with van der Waals surface area (Å²) in [7, 11) is 0. The van der Waals surface area contributed by atoms with Crippen molar-refractivity contribution in [1.82, 2.24) is 4.90 Å². The summed E-state index contributed by atoms with van der Waals surface area (Å²) >= 11 is 0. The molecule has 3 rings (SSSR count). The Bertz CT molecular complexity index is 438. The van der Waals surface area contributed by atoms with E-state index in [0.29, 0.717) is 0 Å². The number of likely N-dealkylation sites (tertiary alicyclic amines) is 1. The maximum atomic E-state index is 5.94. The largest absolute Gasteiger partial charge is 0.399 e. The first-order valence-electron chi connectivity index (χ1n) is 7.59. The van der Waals surface area contributed by atoms with E-state index in [4.69, 9.17) is 5.73 Å². The van der Waals surface area contributed by atoms with Crippen LogP contribution in [-0.4, -0.2) is 37.1 Å². The fourth-order valence-corrected chi connectivity index (χ4v) is 3.51. The minimum Gasteiger partial charge on any atom is -0.399 e. The van der Waals surface area contributed by atoms with Crippen LogP contribution in [0.5, 0.6) is 0 Å². The molecule has 3 heteroatoms. The van der Waals surface area contributed by atoms with Crippen LogP contribution >= 0.6 is 0 Å². The van der Waals surface area contributed by atoms with Crippen molar-refractivity contribution >= 4 is 11.4 Å². The summed E-state index contributed by atoms with van der Waals surface area (Å²) < 4.78 is 0.